The summed E-state index contributed by atoms with van der Waals surface area (Å²) in [5.41, 5.74) is 1.67. The Kier molecular flexibility index (Phi) is 6.47. The molecule has 29 heavy (non-hydrogen) atoms. The molecule has 0 fully saturated rings. The van der Waals surface area contributed by atoms with Crippen LogP contribution in [0.2, 0.25) is 5.02 Å². The number of halogens is 5. The predicted molar refractivity (Wildman–Crippen MR) is 99.9 cm³/mol. The molecule has 0 unspecified atom stereocenters. The van der Waals surface area contributed by atoms with Crippen LogP contribution in [0, 0.1) is 23.3 Å². The molecule has 0 aliphatic heterocycles. The molecule has 0 aromatic heterocycles. The van der Waals surface area contributed by atoms with Gasteiger partial charge in [-0.1, -0.05) is 23.7 Å². The molecular formula is C21H17ClF4O3. The number of allylic oxidation sites excluding steroid dienone is 1. The highest BCUT2D eigenvalue weighted by molar-refractivity contribution is 6.30. The van der Waals surface area contributed by atoms with Gasteiger partial charge in [0.15, 0.2) is 17.4 Å². The van der Waals surface area contributed by atoms with E-state index in [2.05, 4.69) is 0 Å². The first-order valence-corrected chi connectivity index (χ1v) is 9.33. The van der Waals surface area contributed by atoms with Crippen molar-refractivity contribution < 1.29 is 32.2 Å². The fourth-order valence-electron chi connectivity index (χ4n) is 3.36. The molecule has 1 aliphatic rings. The van der Waals surface area contributed by atoms with Crippen LogP contribution >= 0.6 is 11.6 Å². The summed E-state index contributed by atoms with van der Waals surface area (Å²) in [6.07, 6.45) is 0.848. The minimum Gasteiger partial charge on any atom is -0.483 e. The number of rotatable bonds is 7. The molecule has 1 N–H and O–H groups in total. The lowest BCUT2D eigenvalue weighted by atomic mass is 10.0. The molecule has 0 bridgehead atoms. The fraction of sp³-hybridized carbons (Fsp3) is 0.286. The second kappa shape index (κ2) is 8.86. The van der Waals surface area contributed by atoms with E-state index in [1.54, 1.807) is 12.1 Å². The lowest BCUT2D eigenvalue weighted by molar-refractivity contribution is -0.136. The zero-order valence-electron chi connectivity index (χ0n) is 15.2. The van der Waals surface area contributed by atoms with Gasteiger partial charge in [-0.3, -0.25) is 4.79 Å². The third kappa shape index (κ3) is 4.56. The van der Waals surface area contributed by atoms with Crippen LogP contribution in [0.25, 0.3) is 5.57 Å². The molecule has 8 heteroatoms. The largest absolute Gasteiger partial charge is 0.483 e. The molecule has 2 aromatic carbocycles. The molecule has 0 spiro atoms. The van der Waals surface area contributed by atoms with Gasteiger partial charge in [0.1, 0.15) is 6.61 Å². The van der Waals surface area contributed by atoms with Crippen LogP contribution in [0.1, 0.15) is 36.8 Å². The first-order valence-electron chi connectivity index (χ1n) is 8.95. The standard InChI is InChI=1S/C21H17ClF4O3/c22-13-6-4-11(5-7-13)14-3-1-2-12(14)10-29-21-19(25)17(23)15(8-9-16(27)28)18(24)20(21)26/h4-7H,1-3,8-10H2,(H,27,28). The van der Waals surface area contributed by atoms with Gasteiger partial charge < -0.3 is 9.84 Å². The van der Waals surface area contributed by atoms with E-state index in [1.165, 1.54) is 0 Å². The molecule has 0 heterocycles. The summed E-state index contributed by atoms with van der Waals surface area (Å²) in [6, 6.07) is 7.09. The van der Waals surface area contributed by atoms with Crippen molar-refractivity contribution in [3.05, 3.63) is 69.3 Å². The lowest BCUT2D eigenvalue weighted by Gasteiger charge is -2.14. The summed E-state index contributed by atoms with van der Waals surface area (Å²) in [5, 5.41) is 9.19. The van der Waals surface area contributed by atoms with Gasteiger partial charge in [-0.05, 0) is 54.5 Å². The first kappa shape index (κ1) is 21.2. The summed E-state index contributed by atoms with van der Waals surface area (Å²) in [6.45, 7) is -0.223. The number of ether oxygens (including phenoxy) is 1. The van der Waals surface area contributed by atoms with Gasteiger partial charge >= 0.3 is 5.97 Å². The normalized spacial score (nSPS) is 13.8. The van der Waals surface area contributed by atoms with Crippen LogP contribution in [0.3, 0.4) is 0 Å². The number of hydrogen-bond donors (Lipinski definition) is 1. The van der Waals surface area contributed by atoms with Crippen molar-refractivity contribution in [2.75, 3.05) is 6.61 Å². The van der Waals surface area contributed by atoms with Crippen molar-refractivity contribution >= 4 is 23.1 Å². The average Bonchev–Trinajstić information content (AvgIpc) is 3.15. The number of carboxylic acids is 1. The predicted octanol–water partition coefficient (Wildman–Crippen LogP) is 5.93. The molecule has 3 nitrogen and oxygen atoms in total. The smallest absolute Gasteiger partial charge is 0.303 e. The highest BCUT2D eigenvalue weighted by atomic mass is 35.5. The van der Waals surface area contributed by atoms with Crippen LogP contribution in [0.15, 0.2) is 29.8 Å². The van der Waals surface area contributed by atoms with E-state index in [0.717, 1.165) is 29.6 Å². The second-order valence-corrected chi connectivity index (χ2v) is 7.13. The van der Waals surface area contributed by atoms with Gasteiger partial charge in [0, 0.05) is 17.0 Å². The van der Waals surface area contributed by atoms with E-state index in [-0.39, 0.29) is 6.61 Å². The Morgan fingerprint density at radius 1 is 1.00 bits per heavy atom. The molecule has 0 amide bonds. The van der Waals surface area contributed by atoms with E-state index < -0.39 is 53.4 Å². The monoisotopic (exact) mass is 428 g/mol. The van der Waals surface area contributed by atoms with Crippen LogP contribution in [-0.2, 0) is 11.2 Å². The first-order chi connectivity index (χ1) is 13.8. The number of aliphatic carboxylic acids is 1. The van der Waals surface area contributed by atoms with Crippen molar-refractivity contribution in [3.63, 3.8) is 0 Å². The van der Waals surface area contributed by atoms with Gasteiger partial charge in [-0.25, -0.2) is 8.78 Å². The minimum absolute atomic E-state index is 0.223. The van der Waals surface area contributed by atoms with Crippen molar-refractivity contribution in [1.29, 1.82) is 0 Å². The van der Waals surface area contributed by atoms with Crippen LogP contribution in [-0.4, -0.2) is 17.7 Å². The van der Waals surface area contributed by atoms with Crippen LogP contribution in [0.4, 0.5) is 17.6 Å². The maximum absolute atomic E-state index is 14.3. The summed E-state index contributed by atoms with van der Waals surface area (Å²) < 4.78 is 62.0. The Balaban J connectivity index is 1.85. The number of carboxylic acid groups (broad SMARTS) is 1. The zero-order chi connectivity index (χ0) is 21.1. The Hall–Kier alpha value is -2.54. The third-order valence-corrected chi connectivity index (χ3v) is 5.07. The Morgan fingerprint density at radius 3 is 2.21 bits per heavy atom. The van der Waals surface area contributed by atoms with Gasteiger partial charge in [0.2, 0.25) is 11.6 Å². The van der Waals surface area contributed by atoms with Gasteiger partial charge in [0.25, 0.3) is 0 Å². The van der Waals surface area contributed by atoms with E-state index in [0.29, 0.717) is 11.4 Å². The summed E-state index contributed by atoms with van der Waals surface area (Å²) >= 11 is 5.89. The maximum atomic E-state index is 14.3. The third-order valence-electron chi connectivity index (χ3n) is 4.82. The Labute approximate surface area is 169 Å². The number of carbonyl (C=O) groups is 1. The summed E-state index contributed by atoms with van der Waals surface area (Å²) in [7, 11) is 0. The van der Waals surface area contributed by atoms with Gasteiger partial charge in [-0.15, -0.1) is 0 Å². The van der Waals surface area contributed by atoms with Crippen LogP contribution < -0.4 is 4.74 Å². The van der Waals surface area contributed by atoms with Crippen LogP contribution in [0.5, 0.6) is 5.75 Å². The number of benzene rings is 2. The Bertz CT molecular complexity index is 942. The quantitative estimate of drug-likeness (QED) is 0.439. The Morgan fingerprint density at radius 2 is 1.62 bits per heavy atom. The summed E-state index contributed by atoms with van der Waals surface area (Å²) in [4.78, 5) is 10.6. The average molecular weight is 429 g/mol. The molecule has 0 saturated heterocycles. The van der Waals surface area contributed by atoms with Gasteiger partial charge in [-0.2, -0.15) is 8.78 Å². The van der Waals surface area contributed by atoms with Crippen molar-refractivity contribution in [3.8, 4) is 5.75 Å². The molecule has 154 valence electrons. The molecule has 2 aromatic rings. The highest BCUT2D eigenvalue weighted by Gasteiger charge is 2.27. The summed E-state index contributed by atoms with van der Waals surface area (Å²) in [5.74, 6) is -9.11. The topological polar surface area (TPSA) is 46.5 Å². The van der Waals surface area contributed by atoms with Crippen molar-refractivity contribution in [2.45, 2.75) is 32.1 Å². The molecule has 1 aliphatic carbocycles. The van der Waals surface area contributed by atoms with E-state index in [9.17, 15) is 22.4 Å². The maximum Gasteiger partial charge on any atom is 0.303 e. The SMILES string of the molecule is O=C(O)CCc1c(F)c(F)c(OCC2=C(c3ccc(Cl)cc3)CCC2)c(F)c1F. The molecule has 0 saturated carbocycles. The lowest BCUT2D eigenvalue weighted by Crippen LogP contribution is -2.11. The van der Waals surface area contributed by atoms with Crippen molar-refractivity contribution in [2.24, 2.45) is 0 Å². The zero-order valence-corrected chi connectivity index (χ0v) is 16.0. The van der Waals surface area contributed by atoms with E-state index in [4.69, 9.17) is 21.4 Å². The minimum atomic E-state index is -1.67. The highest BCUT2D eigenvalue weighted by Crippen LogP contribution is 2.36. The number of hydrogen-bond acceptors (Lipinski definition) is 2. The fourth-order valence-corrected chi connectivity index (χ4v) is 3.49. The second-order valence-electron chi connectivity index (χ2n) is 6.69. The van der Waals surface area contributed by atoms with E-state index in [1.807, 2.05) is 12.1 Å². The molecule has 0 atom stereocenters. The molecule has 0 radical (unpaired) electrons. The van der Waals surface area contributed by atoms with Crippen molar-refractivity contribution in [1.82, 2.24) is 0 Å². The molecular weight excluding hydrogens is 412 g/mol. The van der Waals surface area contributed by atoms with E-state index >= 15 is 0 Å². The molecule has 3 rings (SSSR count). The van der Waals surface area contributed by atoms with Gasteiger partial charge in [0.05, 0.1) is 0 Å².